The van der Waals surface area contributed by atoms with Gasteiger partial charge in [-0.05, 0) is 36.4 Å². The Morgan fingerprint density at radius 3 is 2.65 bits per heavy atom. The van der Waals surface area contributed by atoms with E-state index in [2.05, 4.69) is 5.32 Å². The van der Waals surface area contributed by atoms with E-state index < -0.39 is 4.92 Å². The molecule has 0 aliphatic carbocycles. The number of carbonyl (C=O) groups is 1. The Labute approximate surface area is 143 Å². The Morgan fingerprint density at radius 2 is 1.96 bits per heavy atom. The average molecular weight is 351 g/mol. The maximum absolute atomic E-state index is 12.0. The van der Waals surface area contributed by atoms with Gasteiger partial charge < -0.3 is 5.32 Å². The van der Waals surface area contributed by atoms with Crippen LogP contribution in [0.15, 0.2) is 53.4 Å². The van der Waals surface area contributed by atoms with Crippen molar-refractivity contribution in [3.8, 4) is 0 Å². The van der Waals surface area contributed by atoms with Crippen molar-refractivity contribution in [1.82, 2.24) is 5.32 Å². The molecule has 1 amide bonds. The van der Waals surface area contributed by atoms with Gasteiger partial charge in [0.2, 0.25) is 0 Å². The van der Waals surface area contributed by atoms with Crippen LogP contribution < -0.4 is 5.32 Å². The highest BCUT2D eigenvalue weighted by molar-refractivity contribution is 7.99. The Kier molecular flexibility index (Phi) is 6.43. The molecule has 0 saturated carbocycles. The molecule has 2 rings (SSSR count). The van der Waals surface area contributed by atoms with Crippen molar-refractivity contribution in [1.29, 1.82) is 0 Å². The summed E-state index contributed by atoms with van der Waals surface area (Å²) in [5, 5.41) is 13.6. The molecule has 0 bridgehead atoms. The molecule has 1 N–H and O–H groups in total. The summed E-state index contributed by atoms with van der Waals surface area (Å²) in [6.07, 6.45) is 0.807. The first kappa shape index (κ1) is 17.3. The lowest BCUT2D eigenvalue weighted by atomic mass is 10.2. The van der Waals surface area contributed by atoms with E-state index in [-0.39, 0.29) is 22.2 Å². The highest BCUT2D eigenvalue weighted by Crippen LogP contribution is 2.25. The van der Waals surface area contributed by atoms with Gasteiger partial charge in [0.15, 0.2) is 0 Å². The number of halogens is 1. The summed E-state index contributed by atoms with van der Waals surface area (Å²) in [6.45, 7) is 0.509. The van der Waals surface area contributed by atoms with E-state index in [1.165, 1.54) is 23.1 Å². The van der Waals surface area contributed by atoms with Crippen LogP contribution in [0.4, 0.5) is 5.69 Å². The van der Waals surface area contributed by atoms with Gasteiger partial charge in [-0.3, -0.25) is 14.9 Å². The zero-order valence-corrected chi connectivity index (χ0v) is 13.8. The first-order valence-electron chi connectivity index (χ1n) is 6.98. The van der Waals surface area contributed by atoms with Crippen molar-refractivity contribution >= 4 is 35.0 Å². The highest BCUT2D eigenvalue weighted by Gasteiger charge is 2.15. The molecular weight excluding hydrogens is 336 g/mol. The van der Waals surface area contributed by atoms with Crippen molar-refractivity contribution in [2.75, 3.05) is 12.3 Å². The SMILES string of the molecule is O=C(NCCCSc1ccccc1)c1ccc(Cl)c([N+](=O)[O-])c1. The van der Waals surface area contributed by atoms with E-state index in [0.717, 1.165) is 12.2 Å². The van der Waals surface area contributed by atoms with Gasteiger partial charge in [0, 0.05) is 23.1 Å². The lowest BCUT2D eigenvalue weighted by Gasteiger charge is -2.06. The van der Waals surface area contributed by atoms with Gasteiger partial charge in [-0.25, -0.2) is 0 Å². The third kappa shape index (κ3) is 5.26. The quantitative estimate of drug-likeness (QED) is 0.352. The summed E-state index contributed by atoms with van der Waals surface area (Å²) in [4.78, 5) is 23.4. The van der Waals surface area contributed by atoms with Crippen LogP contribution >= 0.6 is 23.4 Å². The molecule has 5 nitrogen and oxygen atoms in total. The maximum atomic E-state index is 12.0. The Bertz CT molecular complexity index is 695. The summed E-state index contributed by atoms with van der Waals surface area (Å²) < 4.78 is 0. The van der Waals surface area contributed by atoms with Crippen LogP contribution in [0.25, 0.3) is 0 Å². The standard InChI is InChI=1S/C16H15ClN2O3S/c17-14-8-7-12(11-15(14)19(21)22)16(20)18-9-4-10-23-13-5-2-1-3-6-13/h1-3,5-8,11H,4,9-10H2,(H,18,20). The second-order valence-corrected chi connectivity index (χ2v) is 6.27. The number of hydrogen-bond donors (Lipinski definition) is 1. The molecule has 23 heavy (non-hydrogen) atoms. The number of amides is 1. The molecule has 0 aliphatic rings. The van der Waals surface area contributed by atoms with E-state index in [0.29, 0.717) is 6.54 Å². The topological polar surface area (TPSA) is 72.2 Å². The van der Waals surface area contributed by atoms with Crippen LogP contribution in [-0.4, -0.2) is 23.1 Å². The molecule has 0 atom stereocenters. The van der Waals surface area contributed by atoms with Crippen LogP contribution in [0.5, 0.6) is 0 Å². The maximum Gasteiger partial charge on any atom is 0.288 e. The third-order valence-electron chi connectivity index (χ3n) is 3.02. The predicted octanol–water partition coefficient (Wildman–Crippen LogP) is 4.16. The van der Waals surface area contributed by atoms with Crippen LogP contribution in [0.1, 0.15) is 16.8 Å². The molecule has 0 heterocycles. The van der Waals surface area contributed by atoms with Crippen LogP contribution in [0.3, 0.4) is 0 Å². The second-order valence-electron chi connectivity index (χ2n) is 4.69. The number of nitrogens with zero attached hydrogens (tertiary/aromatic N) is 1. The van der Waals surface area contributed by atoms with Crippen molar-refractivity contribution in [2.45, 2.75) is 11.3 Å². The van der Waals surface area contributed by atoms with Gasteiger partial charge in [-0.2, -0.15) is 0 Å². The fourth-order valence-electron chi connectivity index (χ4n) is 1.88. The van der Waals surface area contributed by atoms with Crippen LogP contribution in [0, 0.1) is 10.1 Å². The number of nitrogens with one attached hydrogen (secondary N) is 1. The fraction of sp³-hybridized carbons (Fsp3) is 0.188. The average Bonchev–Trinajstić information content (AvgIpc) is 2.55. The first-order valence-corrected chi connectivity index (χ1v) is 8.34. The molecule has 7 heteroatoms. The normalized spacial score (nSPS) is 10.3. The molecule has 0 aromatic heterocycles. The van der Waals surface area contributed by atoms with Crippen molar-refractivity contribution < 1.29 is 9.72 Å². The summed E-state index contributed by atoms with van der Waals surface area (Å²) >= 11 is 7.44. The number of rotatable bonds is 7. The number of nitro groups is 1. The van der Waals surface area contributed by atoms with Crippen LogP contribution in [-0.2, 0) is 0 Å². The van der Waals surface area contributed by atoms with Crippen LogP contribution in [0.2, 0.25) is 5.02 Å². The van der Waals surface area contributed by atoms with Gasteiger partial charge in [-0.15, -0.1) is 11.8 Å². The van der Waals surface area contributed by atoms with E-state index in [1.54, 1.807) is 11.8 Å². The van der Waals surface area contributed by atoms with Gasteiger partial charge >= 0.3 is 0 Å². The molecule has 2 aromatic rings. The molecule has 120 valence electrons. The summed E-state index contributed by atoms with van der Waals surface area (Å²) in [5.41, 5.74) is -0.0317. The zero-order chi connectivity index (χ0) is 16.7. The highest BCUT2D eigenvalue weighted by atomic mass is 35.5. The van der Waals surface area contributed by atoms with Gasteiger partial charge in [-0.1, -0.05) is 29.8 Å². The number of carbonyl (C=O) groups excluding carboxylic acids is 1. The van der Waals surface area contributed by atoms with E-state index in [4.69, 9.17) is 11.6 Å². The lowest BCUT2D eigenvalue weighted by molar-refractivity contribution is -0.384. The molecule has 0 unspecified atom stereocenters. The predicted molar refractivity (Wildman–Crippen MR) is 92.2 cm³/mol. The number of thioether (sulfide) groups is 1. The molecular formula is C16H15ClN2O3S. The minimum Gasteiger partial charge on any atom is -0.352 e. The zero-order valence-electron chi connectivity index (χ0n) is 12.2. The minimum atomic E-state index is -0.602. The monoisotopic (exact) mass is 350 g/mol. The van der Waals surface area contributed by atoms with Crippen molar-refractivity contribution in [3.63, 3.8) is 0 Å². The molecule has 0 radical (unpaired) electrons. The third-order valence-corrected chi connectivity index (χ3v) is 4.44. The first-order chi connectivity index (χ1) is 11.1. The summed E-state index contributed by atoms with van der Waals surface area (Å²) in [7, 11) is 0. The number of benzene rings is 2. The van der Waals surface area contributed by atoms with E-state index in [1.807, 2.05) is 30.3 Å². The van der Waals surface area contributed by atoms with Gasteiger partial charge in [0.25, 0.3) is 11.6 Å². The number of nitro benzene ring substituents is 1. The molecule has 0 fully saturated rings. The largest absolute Gasteiger partial charge is 0.352 e. The Hall–Kier alpha value is -2.05. The van der Waals surface area contributed by atoms with Crippen molar-refractivity contribution in [2.24, 2.45) is 0 Å². The fourth-order valence-corrected chi connectivity index (χ4v) is 2.94. The van der Waals surface area contributed by atoms with E-state index in [9.17, 15) is 14.9 Å². The Morgan fingerprint density at radius 1 is 1.22 bits per heavy atom. The molecule has 0 saturated heterocycles. The number of hydrogen-bond acceptors (Lipinski definition) is 4. The molecule has 0 aliphatic heterocycles. The summed E-state index contributed by atoms with van der Waals surface area (Å²) in [6, 6.07) is 14.0. The summed E-state index contributed by atoms with van der Waals surface area (Å²) in [5.74, 6) is 0.542. The van der Waals surface area contributed by atoms with Gasteiger partial charge in [0.05, 0.1) is 4.92 Å². The Balaban J connectivity index is 1.79. The van der Waals surface area contributed by atoms with E-state index >= 15 is 0 Å². The van der Waals surface area contributed by atoms with Crippen molar-refractivity contribution in [3.05, 3.63) is 69.2 Å². The lowest BCUT2D eigenvalue weighted by Crippen LogP contribution is -2.24. The second kappa shape index (κ2) is 8.55. The molecule has 0 spiro atoms. The van der Waals surface area contributed by atoms with Gasteiger partial charge in [0.1, 0.15) is 5.02 Å². The minimum absolute atomic E-state index is 0.0193. The smallest absolute Gasteiger partial charge is 0.288 e. The molecule has 2 aromatic carbocycles.